The van der Waals surface area contributed by atoms with Crippen LogP contribution in [0.15, 0.2) is 97.2 Å². The minimum absolute atomic E-state index is 0.234. The summed E-state index contributed by atoms with van der Waals surface area (Å²) in [4.78, 5) is 13.5. The summed E-state index contributed by atoms with van der Waals surface area (Å²) in [6.07, 6.45) is 74.2. The summed E-state index contributed by atoms with van der Waals surface area (Å²) in [7, 11) is 0. The molecule has 656 valence electrons. The predicted molar refractivity (Wildman–Crippen MR) is 457 cm³/mol. The zero-order valence-electron chi connectivity index (χ0n) is 70.8. The number of aliphatic hydroxyl groups excluding tert-OH is 11. The lowest BCUT2D eigenvalue weighted by atomic mass is 9.96. The Labute approximate surface area is 685 Å². The molecule has 0 aliphatic carbocycles. The summed E-state index contributed by atoms with van der Waals surface area (Å²) in [6.45, 7) is 1.65. The van der Waals surface area contributed by atoms with Gasteiger partial charge in [0.05, 0.1) is 38.6 Å². The first-order chi connectivity index (χ1) is 55.3. The van der Waals surface area contributed by atoms with Gasteiger partial charge in [-0.15, -0.1) is 0 Å². The molecule has 3 heterocycles. The molecule has 0 radical (unpaired) electrons. The van der Waals surface area contributed by atoms with E-state index in [0.29, 0.717) is 12.8 Å². The van der Waals surface area contributed by atoms with Crippen molar-refractivity contribution in [1.82, 2.24) is 5.32 Å². The van der Waals surface area contributed by atoms with Crippen molar-refractivity contribution in [2.45, 2.75) is 465 Å². The van der Waals surface area contributed by atoms with Gasteiger partial charge in [-0.1, -0.05) is 368 Å². The predicted octanol–water partition coefficient (Wildman–Crippen LogP) is 17.9. The van der Waals surface area contributed by atoms with E-state index in [1.165, 1.54) is 250 Å². The van der Waals surface area contributed by atoms with E-state index in [2.05, 4.69) is 104 Å². The second-order valence-electron chi connectivity index (χ2n) is 32.4. The van der Waals surface area contributed by atoms with Gasteiger partial charge in [0.25, 0.3) is 0 Å². The molecular weight excluding hydrogens is 1430 g/mol. The smallest absolute Gasteiger partial charge is 0.220 e. The van der Waals surface area contributed by atoms with Crippen LogP contribution in [0.3, 0.4) is 0 Å². The van der Waals surface area contributed by atoms with Crippen molar-refractivity contribution in [2.75, 3.05) is 26.4 Å². The SMILES string of the molecule is CC/C=C\C/C=C\C/C=C\C/C=C\C/C=C\C/C=C\CCCCCCCCCCCCCCCCCCCCC(=O)NC(COC1OC(CO)C(OC2OC(CO)C(OC3OC(CO)C(O)C(O)C3O)C(O)C2O)C(O)C1O)C(O)/C=C/CC/C=C/CCCCCCCCCCCCCCCCCCCCCCCCCCC. The molecule has 0 saturated carbocycles. The van der Waals surface area contributed by atoms with Gasteiger partial charge in [0.15, 0.2) is 18.9 Å². The number of hydrogen-bond donors (Lipinski definition) is 12. The maximum absolute atomic E-state index is 13.5. The Hall–Kier alpha value is -3.29. The van der Waals surface area contributed by atoms with E-state index in [0.717, 1.165) is 77.0 Å². The zero-order chi connectivity index (χ0) is 81.7. The number of hydrogen-bond acceptors (Lipinski definition) is 18. The van der Waals surface area contributed by atoms with Crippen LogP contribution in [0, 0.1) is 0 Å². The number of unbranched alkanes of at least 4 members (excludes halogenated alkanes) is 44. The van der Waals surface area contributed by atoms with E-state index in [4.69, 9.17) is 28.4 Å². The molecule has 0 bridgehead atoms. The molecule has 3 rings (SSSR count). The number of ether oxygens (including phenoxy) is 6. The number of aliphatic hydroxyl groups is 11. The van der Waals surface area contributed by atoms with Crippen LogP contribution in [0.25, 0.3) is 0 Å². The second-order valence-corrected chi connectivity index (χ2v) is 32.4. The summed E-state index contributed by atoms with van der Waals surface area (Å²) in [5, 5.41) is 121. The molecule has 113 heavy (non-hydrogen) atoms. The Balaban J connectivity index is 1.33. The van der Waals surface area contributed by atoms with Gasteiger partial charge in [-0.25, -0.2) is 0 Å². The van der Waals surface area contributed by atoms with Crippen LogP contribution in [-0.4, -0.2) is 193 Å². The van der Waals surface area contributed by atoms with Crippen molar-refractivity contribution in [3.63, 3.8) is 0 Å². The minimum Gasteiger partial charge on any atom is -0.394 e. The van der Waals surface area contributed by atoms with Crippen LogP contribution < -0.4 is 5.32 Å². The van der Waals surface area contributed by atoms with Crippen molar-refractivity contribution >= 4 is 5.91 Å². The average Bonchev–Trinajstić information content (AvgIpc) is 0.779. The molecule has 17 unspecified atom stereocenters. The van der Waals surface area contributed by atoms with Crippen LogP contribution in [-0.2, 0) is 33.2 Å². The number of allylic oxidation sites excluding steroid dienone is 15. The van der Waals surface area contributed by atoms with Crippen molar-refractivity contribution in [2.24, 2.45) is 0 Å². The van der Waals surface area contributed by atoms with Crippen LogP contribution in [0.2, 0.25) is 0 Å². The van der Waals surface area contributed by atoms with Crippen molar-refractivity contribution in [1.29, 1.82) is 0 Å². The van der Waals surface area contributed by atoms with E-state index in [1.807, 2.05) is 6.08 Å². The Morgan fingerprint density at radius 3 is 0.991 bits per heavy atom. The van der Waals surface area contributed by atoms with Gasteiger partial charge in [-0.2, -0.15) is 0 Å². The molecule has 19 nitrogen and oxygen atoms in total. The minimum atomic E-state index is -1.99. The maximum atomic E-state index is 13.5. The van der Waals surface area contributed by atoms with Crippen LogP contribution in [0.1, 0.15) is 361 Å². The third kappa shape index (κ3) is 51.1. The van der Waals surface area contributed by atoms with Crippen molar-refractivity contribution in [3.05, 3.63) is 97.2 Å². The first-order valence-corrected chi connectivity index (χ1v) is 46.0. The summed E-state index contributed by atoms with van der Waals surface area (Å²) in [5.74, 6) is -0.282. The maximum Gasteiger partial charge on any atom is 0.220 e. The van der Waals surface area contributed by atoms with E-state index >= 15 is 0 Å². The molecule has 3 aliphatic rings. The van der Waals surface area contributed by atoms with E-state index < -0.39 is 124 Å². The van der Waals surface area contributed by atoms with E-state index in [9.17, 15) is 61.0 Å². The van der Waals surface area contributed by atoms with Gasteiger partial charge >= 0.3 is 0 Å². The third-order valence-corrected chi connectivity index (χ3v) is 22.4. The number of carbonyl (C=O) groups excluding carboxylic acids is 1. The van der Waals surface area contributed by atoms with Crippen LogP contribution >= 0.6 is 0 Å². The second kappa shape index (κ2) is 72.7. The van der Waals surface area contributed by atoms with E-state index in [-0.39, 0.29) is 18.9 Å². The van der Waals surface area contributed by atoms with Gasteiger partial charge in [0.1, 0.15) is 73.2 Å². The van der Waals surface area contributed by atoms with Crippen molar-refractivity contribution < 1.29 is 89.4 Å². The van der Waals surface area contributed by atoms with Gasteiger partial charge in [0, 0.05) is 6.42 Å². The highest BCUT2D eigenvalue weighted by atomic mass is 16.8. The molecule has 0 spiro atoms. The number of nitrogens with one attached hydrogen (secondary N) is 1. The Morgan fingerprint density at radius 2 is 0.619 bits per heavy atom. The fourth-order valence-electron chi connectivity index (χ4n) is 15.1. The lowest BCUT2D eigenvalue weighted by Gasteiger charge is -2.48. The monoisotopic (exact) mass is 1600 g/mol. The van der Waals surface area contributed by atoms with Gasteiger partial charge in [-0.3, -0.25) is 4.79 Å². The average molecular weight is 1600 g/mol. The molecule has 17 atom stereocenters. The molecule has 0 aromatic heterocycles. The van der Waals surface area contributed by atoms with Crippen LogP contribution in [0.5, 0.6) is 0 Å². The lowest BCUT2D eigenvalue weighted by molar-refractivity contribution is -0.379. The molecule has 0 aromatic rings. The summed E-state index contributed by atoms with van der Waals surface area (Å²) < 4.78 is 34.5. The Kier molecular flexibility index (Phi) is 66.8. The topological polar surface area (TPSA) is 307 Å². The summed E-state index contributed by atoms with van der Waals surface area (Å²) >= 11 is 0. The molecular formula is C94H167NO18. The molecule has 3 fully saturated rings. The van der Waals surface area contributed by atoms with Crippen molar-refractivity contribution in [3.8, 4) is 0 Å². The fraction of sp³-hybridized carbons (Fsp3) is 0.819. The molecule has 12 N–H and O–H groups in total. The van der Waals surface area contributed by atoms with Gasteiger partial charge in [-0.05, 0) is 83.5 Å². The number of carbonyl (C=O) groups is 1. The quantitative estimate of drug-likeness (QED) is 0.0199. The summed E-state index contributed by atoms with van der Waals surface area (Å²) in [6, 6.07) is -0.996. The number of rotatable bonds is 74. The normalized spacial score (nSPS) is 25.3. The zero-order valence-corrected chi connectivity index (χ0v) is 70.8. The summed E-state index contributed by atoms with van der Waals surface area (Å²) in [5.41, 5.74) is 0. The van der Waals surface area contributed by atoms with Crippen LogP contribution in [0.4, 0.5) is 0 Å². The largest absolute Gasteiger partial charge is 0.394 e. The van der Waals surface area contributed by atoms with Gasteiger partial charge in [0.2, 0.25) is 5.91 Å². The standard InChI is InChI=1S/C94H167NO18/c1-3-5-7-9-11-13-15-17-19-21-23-25-27-29-31-33-35-36-37-38-39-40-42-44-46-48-50-52-54-56-58-60-62-64-66-68-70-72-82(100)95-77(78(99)71-69-67-65-63-61-59-57-55-53-51-49-47-45-43-41-34-32-30-28-26-24-22-20-18-16-14-12-10-8-6-4-2)76-108-92-88(106)85(103)90(80(74-97)110-92)113-94-89(107)86(104)91(81(75-98)111-94)112-93-87(105)84(102)83(101)79(73-96)109-93/h5,7,11,13,17,19,23,25,29,31,35-36,61,63,69,71,77-81,83-94,96-99,101-107H,3-4,6,8-10,12,14-16,18,20-22,24,26-28,30,32-34,37-60,62,64-68,70,72-76H2,1-2H3,(H,95,100)/b7-5-,13-11-,19-17-,25-23-,31-29-,36-35-,63-61+,71-69+. The lowest BCUT2D eigenvalue weighted by Crippen LogP contribution is -2.66. The fourth-order valence-corrected chi connectivity index (χ4v) is 15.1. The molecule has 3 saturated heterocycles. The first-order valence-electron chi connectivity index (χ1n) is 46.0. The highest BCUT2D eigenvalue weighted by Gasteiger charge is 2.54. The highest BCUT2D eigenvalue weighted by molar-refractivity contribution is 5.76. The molecule has 1 amide bonds. The number of amides is 1. The molecule has 0 aromatic carbocycles. The Morgan fingerprint density at radius 1 is 0.327 bits per heavy atom. The first kappa shape index (κ1) is 104. The van der Waals surface area contributed by atoms with Gasteiger partial charge < -0.3 is 89.9 Å². The highest BCUT2D eigenvalue weighted by Crippen LogP contribution is 2.34. The van der Waals surface area contributed by atoms with E-state index in [1.54, 1.807) is 6.08 Å². The molecule has 3 aliphatic heterocycles. The molecule has 19 heteroatoms. The Bertz CT molecular complexity index is 2420. The third-order valence-electron chi connectivity index (χ3n) is 22.4.